The number of hydrogen-bond acceptors (Lipinski definition) is 4. The van der Waals surface area contributed by atoms with Crippen molar-refractivity contribution in [2.24, 2.45) is 0 Å². The second-order valence-corrected chi connectivity index (χ2v) is 8.68. The summed E-state index contributed by atoms with van der Waals surface area (Å²) in [5.74, 6) is 0.518. The topological polar surface area (TPSA) is 70.7 Å². The van der Waals surface area contributed by atoms with E-state index in [2.05, 4.69) is 17.6 Å². The van der Waals surface area contributed by atoms with Gasteiger partial charge in [0.05, 0.1) is 6.61 Å². The summed E-state index contributed by atoms with van der Waals surface area (Å²) in [5.41, 5.74) is 1.86. The lowest BCUT2D eigenvalue weighted by Gasteiger charge is -2.15. The fourth-order valence-electron chi connectivity index (χ4n) is 3.73. The van der Waals surface area contributed by atoms with Crippen LogP contribution in [0.5, 0.6) is 5.75 Å². The van der Waals surface area contributed by atoms with Gasteiger partial charge < -0.3 is 15.0 Å². The van der Waals surface area contributed by atoms with Crippen molar-refractivity contribution < 1.29 is 14.3 Å². The Morgan fingerprint density at radius 3 is 2.21 bits per heavy atom. The molecule has 0 radical (unpaired) electrons. The monoisotopic (exact) mass is 467 g/mol. The second-order valence-electron chi connectivity index (χ2n) is 8.27. The molecule has 3 rings (SSSR count). The largest absolute Gasteiger partial charge is 0.494 e. The molecule has 1 saturated heterocycles. The van der Waals surface area contributed by atoms with Crippen molar-refractivity contribution in [2.75, 3.05) is 25.0 Å². The van der Waals surface area contributed by atoms with Crippen LogP contribution < -0.4 is 15.4 Å². The predicted octanol–water partition coefficient (Wildman–Crippen LogP) is 5.40. The van der Waals surface area contributed by atoms with Crippen LogP contribution in [0, 0.1) is 0 Å². The van der Waals surface area contributed by atoms with Crippen LogP contribution in [0.25, 0.3) is 0 Å². The van der Waals surface area contributed by atoms with Crippen LogP contribution in [0.3, 0.4) is 0 Å². The molecule has 0 spiro atoms. The average Bonchev–Trinajstić information content (AvgIpc) is 3.37. The van der Waals surface area contributed by atoms with E-state index in [0.29, 0.717) is 23.4 Å². The molecule has 0 unspecified atom stereocenters. The molecule has 0 atom stereocenters. The van der Waals surface area contributed by atoms with Gasteiger partial charge in [0.15, 0.2) is 5.11 Å². The van der Waals surface area contributed by atoms with E-state index in [1.165, 1.54) is 25.7 Å². The number of likely N-dealkylation sites (tertiary alicyclic amines) is 1. The molecule has 33 heavy (non-hydrogen) atoms. The van der Waals surface area contributed by atoms with Gasteiger partial charge in [0.2, 0.25) is 0 Å². The molecule has 1 aliphatic rings. The van der Waals surface area contributed by atoms with Crippen LogP contribution in [0.2, 0.25) is 0 Å². The molecule has 2 aromatic carbocycles. The number of amides is 2. The Hall–Kier alpha value is -2.93. The summed E-state index contributed by atoms with van der Waals surface area (Å²) >= 11 is 5.27. The zero-order valence-electron chi connectivity index (χ0n) is 19.3. The van der Waals surface area contributed by atoms with E-state index in [1.807, 2.05) is 4.90 Å². The standard InChI is InChI=1S/C26H33N3O3S/c1-2-3-4-5-8-19-32-23-15-11-20(12-16-23)24(30)28-26(33)27-22-13-9-21(10-14-22)25(31)29-17-6-7-18-29/h9-16H,2-8,17-19H2,1H3,(H2,27,28,30,33). The number of unbranched alkanes of at least 4 members (excludes halogenated alkanes) is 4. The summed E-state index contributed by atoms with van der Waals surface area (Å²) in [6, 6.07) is 14.2. The number of nitrogens with one attached hydrogen (secondary N) is 2. The lowest BCUT2D eigenvalue weighted by molar-refractivity contribution is 0.0792. The van der Waals surface area contributed by atoms with Gasteiger partial charge in [-0.3, -0.25) is 14.9 Å². The molecular weight excluding hydrogens is 434 g/mol. The Balaban J connectivity index is 1.42. The molecule has 0 aromatic heterocycles. The first-order valence-corrected chi connectivity index (χ1v) is 12.2. The summed E-state index contributed by atoms with van der Waals surface area (Å²) in [6.07, 6.45) is 8.09. The quantitative estimate of drug-likeness (QED) is 0.362. The predicted molar refractivity (Wildman–Crippen MR) is 136 cm³/mol. The van der Waals surface area contributed by atoms with Crippen LogP contribution in [0.15, 0.2) is 48.5 Å². The van der Waals surface area contributed by atoms with Gasteiger partial charge in [-0.2, -0.15) is 0 Å². The summed E-state index contributed by atoms with van der Waals surface area (Å²) in [5, 5.41) is 5.87. The first-order valence-electron chi connectivity index (χ1n) is 11.8. The van der Waals surface area contributed by atoms with Gasteiger partial charge in [0, 0.05) is 29.9 Å². The highest BCUT2D eigenvalue weighted by molar-refractivity contribution is 7.80. The molecule has 0 saturated carbocycles. The first-order chi connectivity index (χ1) is 16.1. The molecule has 7 heteroatoms. The molecule has 176 valence electrons. The fraction of sp³-hybridized carbons (Fsp3) is 0.423. The van der Waals surface area contributed by atoms with E-state index in [1.54, 1.807) is 48.5 Å². The molecule has 0 aliphatic carbocycles. The summed E-state index contributed by atoms with van der Waals surface area (Å²) in [4.78, 5) is 26.8. The molecular formula is C26H33N3O3S. The minimum absolute atomic E-state index is 0.0545. The number of ether oxygens (including phenoxy) is 1. The fourth-order valence-corrected chi connectivity index (χ4v) is 3.95. The molecule has 2 N–H and O–H groups in total. The van der Waals surface area contributed by atoms with E-state index >= 15 is 0 Å². The van der Waals surface area contributed by atoms with E-state index in [9.17, 15) is 9.59 Å². The third kappa shape index (κ3) is 7.86. The average molecular weight is 468 g/mol. The van der Waals surface area contributed by atoms with E-state index in [-0.39, 0.29) is 16.9 Å². The minimum atomic E-state index is -0.292. The van der Waals surface area contributed by atoms with Crippen LogP contribution in [0.1, 0.15) is 72.6 Å². The SMILES string of the molecule is CCCCCCCOc1ccc(C(=O)NC(=S)Nc2ccc(C(=O)N3CCCC3)cc2)cc1. The van der Waals surface area contributed by atoms with Crippen molar-refractivity contribution in [2.45, 2.75) is 51.9 Å². The van der Waals surface area contributed by atoms with Crippen LogP contribution >= 0.6 is 12.2 Å². The Morgan fingerprint density at radius 1 is 0.909 bits per heavy atom. The Kier molecular flexibility index (Phi) is 9.69. The number of carbonyl (C=O) groups excluding carboxylic acids is 2. The maximum atomic E-state index is 12.5. The van der Waals surface area contributed by atoms with Crippen molar-refractivity contribution in [3.8, 4) is 5.75 Å². The molecule has 1 aliphatic heterocycles. The lowest BCUT2D eigenvalue weighted by atomic mass is 10.2. The minimum Gasteiger partial charge on any atom is -0.494 e. The third-order valence-electron chi connectivity index (χ3n) is 5.64. The number of rotatable bonds is 10. The zero-order chi connectivity index (χ0) is 23.5. The van der Waals surface area contributed by atoms with Gasteiger partial charge in [-0.15, -0.1) is 0 Å². The van der Waals surface area contributed by atoms with Crippen molar-refractivity contribution in [3.63, 3.8) is 0 Å². The first kappa shape index (κ1) is 24.7. The number of thiocarbonyl (C=S) groups is 1. The van der Waals surface area contributed by atoms with Crippen LogP contribution in [-0.2, 0) is 0 Å². The Labute approximate surface area is 201 Å². The lowest BCUT2D eigenvalue weighted by Crippen LogP contribution is -2.34. The maximum Gasteiger partial charge on any atom is 0.257 e. The third-order valence-corrected chi connectivity index (χ3v) is 5.85. The normalized spacial score (nSPS) is 12.9. The van der Waals surface area contributed by atoms with Crippen molar-refractivity contribution in [3.05, 3.63) is 59.7 Å². The molecule has 1 fully saturated rings. The Bertz CT molecular complexity index is 923. The summed E-state index contributed by atoms with van der Waals surface area (Å²) in [6.45, 7) is 4.53. The van der Waals surface area contributed by atoms with E-state index < -0.39 is 0 Å². The highest BCUT2D eigenvalue weighted by atomic mass is 32.1. The number of carbonyl (C=O) groups is 2. The van der Waals surface area contributed by atoms with Crippen molar-refractivity contribution in [1.29, 1.82) is 0 Å². The smallest absolute Gasteiger partial charge is 0.257 e. The van der Waals surface area contributed by atoms with E-state index in [4.69, 9.17) is 17.0 Å². The zero-order valence-corrected chi connectivity index (χ0v) is 20.1. The number of anilines is 1. The molecule has 0 bridgehead atoms. The number of hydrogen-bond donors (Lipinski definition) is 2. The number of benzene rings is 2. The van der Waals surface area contributed by atoms with Crippen LogP contribution in [-0.4, -0.2) is 41.5 Å². The van der Waals surface area contributed by atoms with Crippen molar-refractivity contribution >= 4 is 34.8 Å². The second kappa shape index (κ2) is 12.9. The highest BCUT2D eigenvalue weighted by Crippen LogP contribution is 2.16. The molecule has 1 heterocycles. The summed E-state index contributed by atoms with van der Waals surface area (Å²) < 4.78 is 5.74. The molecule has 6 nitrogen and oxygen atoms in total. The van der Waals surface area contributed by atoms with Crippen molar-refractivity contribution in [1.82, 2.24) is 10.2 Å². The van der Waals surface area contributed by atoms with Gasteiger partial charge in [-0.25, -0.2) is 0 Å². The van der Waals surface area contributed by atoms with Gasteiger partial charge in [-0.05, 0) is 80.0 Å². The summed E-state index contributed by atoms with van der Waals surface area (Å²) in [7, 11) is 0. The highest BCUT2D eigenvalue weighted by Gasteiger charge is 2.19. The van der Waals surface area contributed by atoms with E-state index in [0.717, 1.165) is 38.1 Å². The van der Waals surface area contributed by atoms with Gasteiger partial charge in [-0.1, -0.05) is 32.6 Å². The molecule has 2 amide bonds. The maximum absolute atomic E-state index is 12.5. The van der Waals surface area contributed by atoms with Crippen LogP contribution in [0.4, 0.5) is 5.69 Å². The van der Waals surface area contributed by atoms with Gasteiger partial charge in [0.1, 0.15) is 5.75 Å². The Morgan fingerprint density at radius 2 is 1.55 bits per heavy atom. The number of nitrogens with zero attached hydrogens (tertiary/aromatic N) is 1. The van der Waals surface area contributed by atoms with Gasteiger partial charge in [0.25, 0.3) is 11.8 Å². The van der Waals surface area contributed by atoms with Gasteiger partial charge >= 0.3 is 0 Å². The molecule has 2 aromatic rings.